The molecule has 2 aliphatic rings. The van der Waals surface area contributed by atoms with Gasteiger partial charge in [-0.25, -0.2) is 8.42 Å². The average Bonchev–Trinajstić information content (AvgIpc) is 2.53. The van der Waals surface area contributed by atoms with Gasteiger partial charge < -0.3 is 9.80 Å². The standard InChI is InChI=1S/C11H16F4N2O3S/c1-16-2-3-21(19,20)5-8(16)4-9(18)17-6-10(12,13)11(14,15)7-17/h8H,2-7H2,1H3. The Morgan fingerprint density at radius 1 is 1.19 bits per heavy atom. The number of hydrogen-bond donors (Lipinski definition) is 0. The number of amides is 1. The van der Waals surface area contributed by atoms with E-state index in [1.165, 1.54) is 0 Å². The molecular weight excluding hydrogens is 316 g/mol. The summed E-state index contributed by atoms with van der Waals surface area (Å²) in [5, 5.41) is 0. The Morgan fingerprint density at radius 2 is 1.71 bits per heavy atom. The van der Waals surface area contributed by atoms with Gasteiger partial charge in [0.05, 0.1) is 24.6 Å². The number of rotatable bonds is 2. The van der Waals surface area contributed by atoms with E-state index in [9.17, 15) is 30.8 Å². The predicted molar refractivity (Wildman–Crippen MR) is 66.2 cm³/mol. The van der Waals surface area contributed by atoms with Crippen LogP contribution in [-0.2, 0) is 14.6 Å². The Balaban J connectivity index is 2.02. The molecule has 0 N–H and O–H groups in total. The summed E-state index contributed by atoms with van der Waals surface area (Å²) in [6.45, 7) is -2.43. The lowest BCUT2D eigenvalue weighted by molar-refractivity contribution is -0.172. The number of carbonyl (C=O) groups is 1. The van der Waals surface area contributed by atoms with E-state index in [1.807, 2.05) is 0 Å². The average molecular weight is 332 g/mol. The molecule has 0 saturated carbocycles. The molecule has 1 atom stereocenters. The maximum Gasteiger partial charge on any atom is 0.329 e. The zero-order valence-corrected chi connectivity index (χ0v) is 12.2. The molecule has 0 spiro atoms. The largest absolute Gasteiger partial charge is 0.330 e. The van der Waals surface area contributed by atoms with Crippen LogP contribution >= 0.6 is 0 Å². The Morgan fingerprint density at radius 3 is 2.24 bits per heavy atom. The van der Waals surface area contributed by atoms with Crippen molar-refractivity contribution in [3.63, 3.8) is 0 Å². The van der Waals surface area contributed by atoms with Gasteiger partial charge in [-0.2, -0.15) is 17.6 Å². The lowest BCUT2D eigenvalue weighted by atomic mass is 10.2. The Kier molecular flexibility index (Phi) is 3.98. The number of sulfone groups is 1. The van der Waals surface area contributed by atoms with Gasteiger partial charge in [0, 0.05) is 19.0 Å². The molecule has 0 aromatic heterocycles. The van der Waals surface area contributed by atoms with Crippen molar-refractivity contribution in [1.82, 2.24) is 9.80 Å². The molecule has 0 bridgehead atoms. The molecule has 0 aromatic carbocycles. The van der Waals surface area contributed by atoms with E-state index in [-0.39, 0.29) is 24.5 Å². The van der Waals surface area contributed by atoms with E-state index in [2.05, 4.69) is 0 Å². The lowest BCUT2D eigenvalue weighted by Crippen LogP contribution is -2.48. The van der Waals surface area contributed by atoms with Crippen LogP contribution in [0, 0.1) is 0 Å². The SMILES string of the molecule is CN1CCS(=O)(=O)CC1CC(=O)N1CC(F)(F)C(F)(F)C1. The molecule has 1 unspecified atom stereocenters. The molecule has 2 fully saturated rings. The minimum atomic E-state index is -4.24. The zero-order chi connectivity index (χ0) is 16.1. The minimum absolute atomic E-state index is 0.0337. The molecule has 0 aliphatic carbocycles. The molecule has 21 heavy (non-hydrogen) atoms. The maximum absolute atomic E-state index is 13.1. The summed E-state index contributed by atoms with van der Waals surface area (Å²) in [6.07, 6.45) is -0.359. The van der Waals surface area contributed by atoms with Crippen molar-refractivity contribution in [3.8, 4) is 0 Å². The van der Waals surface area contributed by atoms with E-state index in [1.54, 1.807) is 11.9 Å². The van der Waals surface area contributed by atoms with Crippen molar-refractivity contribution in [2.45, 2.75) is 24.3 Å². The first kappa shape index (κ1) is 16.5. The predicted octanol–water partition coefficient (Wildman–Crippen LogP) is 0.218. The van der Waals surface area contributed by atoms with Gasteiger partial charge in [0.2, 0.25) is 5.91 Å². The first-order valence-corrected chi connectivity index (χ1v) is 8.20. The zero-order valence-electron chi connectivity index (χ0n) is 11.4. The van der Waals surface area contributed by atoms with Crippen LogP contribution in [0.2, 0.25) is 0 Å². The fraction of sp³-hybridized carbons (Fsp3) is 0.909. The normalized spacial score (nSPS) is 31.3. The van der Waals surface area contributed by atoms with E-state index in [0.29, 0.717) is 4.90 Å². The van der Waals surface area contributed by atoms with Crippen LogP contribution in [0.25, 0.3) is 0 Å². The Hall–Kier alpha value is -0.900. The van der Waals surface area contributed by atoms with E-state index < -0.39 is 46.7 Å². The third-order valence-corrected chi connectivity index (χ3v) is 5.60. The first-order valence-electron chi connectivity index (χ1n) is 6.38. The number of alkyl halides is 4. The highest BCUT2D eigenvalue weighted by molar-refractivity contribution is 7.91. The lowest BCUT2D eigenvalue weighted by Gasteiger charge is -2.32. The summed E-state index contributed by atoms with van der Waals surface area (Å²) in [4.78, 5) is 13.9. The van der Waals surface area contributed by atoms with Gasteiger partial charge in [-0.1, -0.05) is 0 Å². The number of carbonyl (C=O) groups excluding carboxylic acids is 1. The maximum atomic E-state index is 13.1. The first-order chi connectivity index (χ1) is 9.44. The molecule has 0 aromatic rings. The summed E-state index contributed by atoms with van der Waals surface area (Å²) >= 11 is 0. The van der Waals surface area contributed by atoms with Gasteiger partial charge in [0.15, 0.2) is 9.84 Å². The van der Waals surface area contributed by atoms with Gasteiger partial charge in [0.1, 0.15) is 0 Å². The quantitative estimate of drug-likeness (QED) is 0.679. The fourth-order valence-electron chi connectivity index (χ4n) is 2.46. The topological polar surface area (TPSA) is 57.7 Å². The van der Waals surface area contributed by atoms with E-state index >= 15 is 0 Å². The molecule has 122 valence electrons. The smallest absolute Gasteiger partial charge is 0.329 e. The number of hydrogen-bond acceptors (Lipinski definition) is 4. The monoisotopic (exact) mass is 332 g/mol. The van der Waals surface area contributed by atoms with Crippen LogP contribution in [-0.4, -0.2) is 80.2 Å². The van der Waals surface area contributed by atoms with Crippen LogP contribution in [0.4, 0.5) is 17.6 Å². The third-order valence-electron chi connectivity index (χ3n) is 3.90. The van der Waals surface area contributed by atoms with Crippen LogP contribution in [0.5, 0.6) is 0 Å². The van der Waals surface area contributed by atoms with Gasteiger partial charge in [-0.3, -0.25) is 4.79 Å². The van der Waals surface area contributed by atoms with E-state index in [0.717, 1.165) is 0 Å². The summed E-state index contributed by atoms with van der Waals surface area (Å²) in [5.41, 5.74) is 0. The summed E-state index contributed by atoms with van der Waals surface area (Å²) in [5.74, 6) is -9.66. The molecule has 2 aliphatic heterocycles. The molecule has 2 rings (SSSR count). The number of likely N-dealkylation sites (tertiary alicyclic amines) is 1. The molecule has 10 heteroatoms. The Labute approximate surface area is 119 Å². The number of nitrogens with zero attached hydrogens (tertiary/aromatic N) is 2. The second kappa shape index (κ2) is 5.08. The van der Waals surface area contributed by atoms with Crippen LogP contribution in [0.3, 0.4) is 0 Å². The highest BCUT2D eigenvalue weighted by atomic mass is 32.2. The minimum Gasteiger partial charge on any atom is -0.330 e. The van der Waals surface area contributed by atoms with Crippen LogP contribution in [0.15, 0.2) is 0 Å². The highest BCUT2D eigenvalue weighted by Crippen LogP contribution is 2.41. The van der Waals surface area contributed by atoms with Crippen molar-refractivity contribution >= 4 is 15.7 Å². The van der Waals surface area contributed by atoms with Crippen molar-refractivity contribution in [2.24, 2.45) is 0 Å². The van der Waals surface area contributed by atoms with Crippen molar-refractivity contribution in [1.29, 1.82) is 0 Å². The van der Waals surface area contributed by atoms with Gasteiger partial charge in [-0.15, -0.1) is 0 Å². The molecule has 2 heterocycles. The van der Waals surface area contributed by atoms with Crippen molar-refractivity contribution in [2.75, 3.05) is 38.2 Å². The van der Waals surface area contributed by atoms with Crippen LogP contribution < -0.4 is 0 Å². The van der Waals surface area contributed by atoms with Crippen LogP contribution in [0.1, 0.15) is 6.42 Å². The number of halogens is 4. The van der Waals surface area contributed by atoms with Crippen molar-refractivity contribution < 1.29 is 30.8 Å². The molecule has 5 nitrogen and oxygen atoms in total. The molecular formula is C11H16F4N2O3S. The van der Waals surface area contributed by atoms with E-state index in [4.69, 9.17) is 0 Å². The second-order valence-electron chi connectivity index (χ2n) is 5.61. The molecule has 1 amide bonds. The fourth-order valence-corrected chi connectivity index (χ4v) is 4.15. The third kappa shape index (κ3) is 3.31. The second-order valence-corrected chi connectivity index (χ2v) is 7.84. The Bertz CT molecular complexity index is 522. The van der Waals surface area contributed by atoms with Crippen molar-refractivity contribution in [3.05, 3.63) is 0 Å². The summed E-state index contributed by atoms with van der Waals surface area (Å²) in [6, 6.07) is -0.668. The molecule has 0 radical (unpaired) electrons. The summed E-state index contributed by atoms with van der Waals surface area (Å²) in [7, 11) is -1.68. The van der Waals surface area contributed by atoms with Gasteiger partial charge >= 0.3 is 11.8 Å². The summed E-state index contributed by atoms with van der Waals surface area (Å²) < 4.78 is 75.3. The highest BCUT2D eigenvalue weighted by Gasteiger charge is 2.63. The van der Waals surface area contributed by atoms with Gasteiger partial charge in [0.25, 0.3) is 0 Å². The van der Waals surface area contributed by atoms with Gasteiger partial charge in [-0.05, 0) is 7.05 Å². The molecule has 2 saturated heterocycles.